The minimum Gasteiger partial charge on any atom is -0.493 e. The van der Waals surface area contributed by atoms with Crippen molar-refractivity contribution in [1.82, 2.24) is 16.1 Å². The van der Waals surface area contributed by atoms with Gasteiger partial charge in [-0.25, -0.2) is 15.0 Å². The highest BCUT2D eigenvalue weighted by molar-refractivity contribution is 6.30. The van der Waals surface area contributed by atoms with Gasteiger partial charge in [0, 0.05) is 16.3 Å². The summed E-state index contributed by atoms with van der Waals surface area (Å²) in [5.41, 5.74) is 6.08. The number of nitrogens with one attached hydrogen (secondary N) is 3. The molecule has 0 unspecified atom stereocenters. The van der Waals surface area contributed by atoms with Crippen LogP contribution in [-0.4, -0.2) is 51.6 Å². The third kappa shape index (κ3) is 9.07. The van der Waals surface area contributed by atoms with E-state index in [0.717, 1.165) is 11.1 Å². The first-order valence-electron chi connectivity index (χ1n) is 14.9. The standard InChI is InChI=1S/C35H37ClN4O8/c1-6-8-25-15-23(16-29(45-5)33(25)48-19-22-9-12-26(36)13-10-22)18-37-40-30(41)20-47-27-14-11-24(17-28(27)44-4)32-31(34(42)46-7-2)21(3)38-35(43)39-32/h6,9-18,32H,1,7-8,19-20H2,2-5H3,(H,40,41)(H2,38,39,43)/b37-18-/t32-/m1/s1. The van der Waals surface area contributed by atoms with E-state index in [2.05, 4.69) is 27.7 Å². The number of allylic oxidation sites excluding steroid dienone is 2. The molecule has 4 rings (SSSR count). The number of hydrogen-bond acceptors (Lipinski definition) is 9. The van der Waals surface area contributed by atoms with Gasteiger partial charge in [0.25, 0.3) is 5.91 Å². The Morgan fingerprint density at radius 3 is 2.46 bits per heavy atom. The van der Waals surface area contributed by atoms with Crippen LogP contribution < -0.4 is 35.0 Å². The van der Waals surface area contributed by atoms with E-state index in [-0.39, 0.29) is 30.3 Å². The van der Waals surface area contributed by atoms with Crippen molar-refractivity contribution in [2.45, 2.75) is 32.9 Å². The van der Waals surface area contributed by atoms with E-state index in [1.807, 2.05) is 18.2 Å². The first-order valence-corrected chi connectivity index (χ1v) is 15.3. The number of hydrazone groups is 1. The summed E-state index contributed by atoms with van der Waals surface area (Å²) in [7, 11) is 2.98. The molecular weight excluding hydrogens is 640 g/mol. The number of methoxy groups -OCH3 is 2. The van der Waals surface area contributed by atoms with Crippen molar-refractivity contribution in [2.24, 2.45) is 5.10 Å². The molecule has 0 aromatic heterocycles. The van der Waals surface area contributed by atoms with E-state index < -0.39 is 23.9 Å². The van der Waals surface area contributed by atoms with Crippen molar-refractivity contribution >= 4 is 35.7 Å². The monoisotopic (exact) mass is 676 g/mol. The van der Waals surface area contributed by atoms with E-state index in [9.17, 15) is 14.4 Å². The summed E-state index contributed by atoms with van der Waals surface area (Å²) in [6.07, 6.45) is 3.75. The van der Waals surface area contributed by atoms with E-state index in [1.165, 1.54) is 13.3 Å². The summed E-state index contributed by atoms with van der Waals surface area (Å²) < 4.78 is 28.1. The van der Waals surface area contributed by atoms with Crippen molar-refractivity contribution in [3.05, 3.63) is 106 Å². The number of ether oxygens (including phenoxy) is 5. The van der Waals surface area contributed by atoms with Gasteiger partial charge in [-0.3, -0.25) is 4.79 Å². The maximum absolute atomic E-state index is 12.6. The number of hydrogen-bond donors (Lipinski definition) is 3. The molecule has 0 saturated heterocycles. The van der Waals surface area contributed by atoms with Crippen LogP contribution in [0.3, 0.4) is 0 Å². The van der Waals surface area contributed by atoms with Crippen LogP contribution in [0.2, 0.25) is 5.02 Å². The lowest BCUT2D eigenvalue weighted by atomic mass is 9.95. The Balaban J connectivity index is 1.41. The van der Waals surface area contributed by atoms with Gasteiger partial charge in [0.15, 0.2) is 29.6 Å². The molecule has 0 aliphatic carbocycles. The number of carbonyl (C=O) groups is 3. The van der Waals surface area contributed by atoms with Crippen LogP contribution >= 0.6 is 11.6 Å². The zero-order chi connectivity index (χ0) is 34.6. The summed E-state index contributed by atoms with van der Waals surface area (Å²) in [6.45, 7) is 7.28. The summed E-state index contributed by atoms with van der Waals surface area (Å²) >= 11 is 5.99. The Morgan fingerprint density at radius 1 is 1.02 bits per heavy atom. The van der Waals surface area contributed by atoms with Gasteiger partial charge >= 0.3 is 12.0 Å². The Morgan fingerprint density at radius 2 is 1.77 bits per heavy atom. The molecule has 1 heterocycles. The highest BCUT2D eigenvalue weighted by atomic mass is 35.5. The van der Waals surface area contributed by atoms with Crippen LogP contribution in [0.5, 0.6) is 23.0 Å². The molecule has 0 spiro atoms. The number of amides is 3. The first kappa shape index (κ1) is 35.4. The molecule has 1 aliphatic heterocycles. The van der Waals surface area contributed by atoms with Crippen LogP contribution in [0.1, 0.15) is 42.1 Å². The lowest BCUT2D eigenvalue weighted by Crippen LogP contribution is -2.45. The number of urea groups is 1. The van der Waals surface area contributed by atoms with Crippen LogP contribution in [0.4, 0.5) is 4.79 Å². The minimum absolute atomic E-state index is 0.177. The lowest BCUT2D eigenvalue weighted by Gasteiger charge is -2.28. The van der Waals surface area contributed by atoms with Gasteiger partial charge in [0.2, 0.25) is 0 Å². The number of carbonyl (C=O) groups excluding carboxylic acids is 3. The Kier molecular flexibility index (Phi) is 12.4. The maximum Gasteiger partial charge on any atom is 0.338 e. The molecule has 3 N–H and O–H groups in total. The molecule has 252 valence electrons. The summed E-state index contributed by atoms with van der Waals surface area (Å²) in [5, 5.41) is 10.0. The molecule has 3 amide bonds. The zero-order valence-electron chi connectivity index (χ0n) is 27.1. The van der Waals surface area contributed by atoms with Gasteiger partial charge < -0.3 is 34.3 Å². The average molecular weight is 677 g/mol. The molecule has 3 aromatic rings. The molecule has 3 aromatic carbocycles. The number of nitrogens with zero attached hydrogens (tertiary/aromatic N) is 1. The van der Waals surface area contributed by atoms with Crippen LogP contribution in [0.15, 0.2) is 83.6 Å². The second kappa shape index (κ2) is 16.9. The van der Waals surface area contributed by atoms with Crippen LogP contribution in [0.25, 0.3) is 0 Å². The van der Waals surface area contributed by atoms with E-state index >= 15 is 0 Å². The fraction of sp³-hybridized carbons (Fsp3) is 0.257. The van der Waals surface area contributed by atoms with Gasteiger partial charge in [-0.1, -0.05) is 35.9 Å². The van der Waals surface area contributed by atoms with E-state index in [1.54, 1.807) is 63.4 Å². The molecule has 0 fully saturated rings. The fourth-order valence-electron chi connectivity index (χ4n) is 4.88. The molecule has 1 atom stereocenters. The molecular formula is C35H37ClN4O8. The number of benzene rings is 3. The minimum atomic E-state index is -0.784. The summed E-state index contributed by atoms with van der Waals surface area (Å²) in [6, 6.07) is 14.6. The average Bonchev–Trinajstić information content (AvgIpc) is 3.07. The number of esters is 1. The highest BCUT2D eigenvalue weighted by Gasteiger charge is 2.32. The van der Waals surface area contributed by atoms with Gasteiger partial charge in [-0.15, -0.1) is 6.58 Å². The van der Waals surface area contributed by atoms with Crippen molar-refractivity contribution < 1.29 is 38.1 Å². The maximum atomic E-state index is 12.6. The first-order chi connectivity index (χ1) is 23.2. The third-order valence-corrected chi connectivity index (χ3v) is 7.33. The van der Waals surface area contributed by atoms with Crippen molar-refractivity contribution in [2.75, 3.05) is 27.4 Å². The molecule has 0 bridgehead atoms. The third-order valence-electron chi connectivity index (χ3n) is 7.08. The van der Waals surface area contributed by atoms with Crippen molar-refractivity contribution in [3.63, 3.8) is 0 Å². The Labute approximate surface area is 283 Å². The summed E-state index contributed by atoms with van der Waals surface area (Å²) in [5.74, 6) is 0.557. The fourth-order valence-corrected chi connectivity index (χ4v) is 5.00. The van der Waals surface area contributed by atoms with Gasteiger partial charge in [-0.05, 0) is 73.4 Å². The lowest BCUT2D eigenvalue weighted by molar-refractivity contribution is -0.139. The van der Waals surface area contributed by atoms with E-state index in [4.69, 9.17) is 35.3 Å². The Bertz CT molecular complexity index is 1720. The molecule has 1 aliphatic rings. The molecule has 12 nitrogen and oxygen atoms in total. The highest BCUT2D eigenvalue weighted by Crippen LogP contribution is 2.35. The van der Waals surface area contributed by atoms with Gasteiger partial charge in [0.05, 0.1) is 38.7 Å². The predicted octanol–water partition coefficient (Wildman–Crippen LogP) is 5.38. The SMILES string of the molecule is C=CCc1cc(/C=N\NC(=O)COc2ccc([C@H]3NC(=O)NC(C)=C3C(=O)OCC)cc2OC)cc(OC)c1OCc1ccc(Cl)cc1. The number of halogens is 1. The smallest absolute Gasteiger partial charge is 0.338 e. The zero-order valence-corrected chi connectivity index (χ0v) is 27.8. The normalized spacial score (nSPS) is 14.1. The van der Waals surface area contributed by atoms with Gasteiger partial charge in [0.1, 0.15) is 6.61 Å². The van der Waals surface area contributed by atoms with Crippen LogP contribution in [-0.2, 0) is 27.4 Å². The molecule has 0 saturated carbocycles. The largest absolute Gasteiger partial charge is 0.493 e. The molecule has 48 heavy (non-hydrogen) atoms. The molecule has 13 heteroatoms. The Hall–Kier alpha value is -5.49. The van der Waals surface area contributed by atoms with Gasteiger partial charge in [-0.2, -0.15) is 5.10 Å². The molecule has 0 radical (unpaired) electrons. The van der Waals surface area contributed by atoms with Crippen LogP contribution in [0, 0.1) is 0 Å². The second-order valence-electron chi connectivity index (χ2n) is 10.4. The quantitative estimate of drug-likeness (QED) is 0.0842. The topological polar surface area (TPSA) is 146 Å². The van der Waals surface area contributed by atoms with Crippen molar-refractivity contribution in [1.29, 1.82) is 0 Å². The van der Waals surface area contributed by atoms with E-state index in [0.29, 0.717) is 46.4 Å². The number of rotatable bonds is 15. The second-order valence-corrected chi connectivity index (χ2v) is 10.8. The van der Waals surface area contributed by atoms with Crippen molar-refractivity contribution in [3.8, 4) is 23.0 Å². The summed E-state index contributed by atoms with van der Waals surface area (Å²) in [4.78, 5) is 37.4. The predicted molar refractivity (Wildman–Crippen MR) is 181 cm³/mol.